The van der Waals surface area contributed by atoms with Gasteiger partial charge >= 0.3 is 5.97 Å². The Bertz CT molecular complexity index is 1630. The van der Waals surface area contributed by atoms with E-state index in [1.165, 1.54) is 0 Å². The monoisotopic (exact) mass is 568 g/mol. The molecule has 1 aliphatic carbocycles. The average molecular weight is 569 g/mol. The number of aryl methyl sites for hydroxylation is 1. The molecule has 0 bridgehead atoms. The number of rotatable bonds is 9. The van der Waals surface area contributed by atoms with Crippen molar-refractivity contribution < 1.29 is 14.3 Å². The van der Waals surface area contributed by atoms with Gasteiger partial charge in [0.05, 0.1) is 5.39 Å². The van der Waals surface area contributed by atoms with Crippen molar-refractivity contribution >= 4 is 28.1 Å². The second-order valence-electron chi connectivity index (χ2n) is 11.4. The molecule has 218 valence electrons. The standard InChI is InChI=1S/C33H36N4O5/c1-21-18-23-14-15-34-20-26(23)32(35-21)41-25-12-10-22(11-13-25)19-27(33(40)42-24-8-4-5-9-24)36-28-29(31(39)30(28)38)37-16-6-2-3-7-17-37/h10-15,18,20,24,27,36H,2-9,16-17,19H2,1H3/t27-/m0/s1. The van der Waals surface area contributed by atoms with Gasteiger partial charge in [0.2, 0.25) is 5.88 Å². The number of carbonyl (C=O) groups excluding carboxylic acids is 1. The van der Waals surface area contributed by atoms with E-state index in [0.717, 1.165) is 86.5 Å². The van der Waals surface area contributed by atoms with Crippen molar-refractivity contribution in [1.82, 2.24) is 9.97 Å². The summed E-state index contributed by atoms with van der Waals surface area (Å²) < 4.78 is 12.0. The number of pyridine rings is 2. The molecule has 4 aromatic rings. The number of carbonyl (C=O) groups is 1. The van der Waals surface area contributed by atoms with E-state index in [9.17, 15) is 14.4 Å². The third-order valence-corrected chi connectivity index (χ3v) is 8.30. The number of hydrogen-bond donors (Lipinski definition) is 1. The summed E-state index contributed by atoms with van der Waals surface area (Å²) in [6.07, 6.45) is 11.6. The fourth-order valence-corrected chi connectivity index (χ4v) is 6.04. The van der Waals surface area contributed by atoms with Crippen molar-refractivity contribution in [3.05, 3.63) is 80.5 Å². The highest BCUT2D eigenvalue weighted by Gasteiger charge is 2.32. The summed E-state index contributed by atoms with van der Waals surface area (Å²) >= 11 is 0. The van der Waals surface area contributed by atoms with Gasteiger partial charge in [0.15, 0.2) is 0 Å². The number of anilines is 2. The zero-order chi connectivity index (χ0) is 29.1. The maximum Gasteiger partial charge on any atom is 0.329 e. The van der Waals surface area contributed by atoms with E-state index in [1.807, 2.05) is 48.2 Å². The van der Waals surface area contributed by atoms with E-state index in [2.05, 4.69) is 15.3 Å². The summed E-state index contributed by atoms with van der Waals surface area (Å²) in [7, 11) is 0. The van der Waals surface area contributed by atoms with E-state index in [1.54, 1.807) is 12.4 Å². The molecule has 6 rings (SSSR count). The molecule has 0 amide bonds. The Morgan fingerprint density at radius 1 is 1.00 bits per heavy atom. The Hall–Kier alpha value is -4.27. The number of benzene rings is 1. The van der Waals surface area contributed by atoms with Crippen molar-refractivity contribution in [3.8, 4) is 11.6 Å². The summed E-state index contributed by atoms with van der Waals surface area (Å²) in [6.45, 7) is 3.39. The predicted octanol–water partition coefficient (Wildman–Crippen LogP) is 5.22. The number of aromatic nitrogens is 2. The molecule has 2 aromatic heterocycles. The Morgan fingerprint density at radius 2 is 1.74 bits per heavy atom. The Balaban J connectivity index is 1.22. The van der Waals surface area contributed by atoms with E-state index < -0.39 is 22.9 Å². The van der Waals surface area contributed by atoms with Crippen LogP contribution in [-0.4, -0.2) is 41.2 Å². The number of fused-ring (bicyclic) bond motifs is 1. The number of esters is 1. The first kappa shape index (κ1) is 27.9. The zero-order valence-corrected chi connectivity index (χ0v) is 23.9. The smallest absolute Gasteiger partial charge is 0.329 e. The van der Waals surface area contributed by atoms with Crippen LogP contribution in [0.15, 0.2) is 58.4 Å². The normalized spacial score (nSPS) is 16.8. The summed E-state index contributed by atoms with van der Waals surface area (Å²) in [5.74, 6) is 0.678. The lowest BCUT2D eigenvalue weighted by atomic mass is 10.0. The molecule has 3 heterocycles. The van der Waals surface area contributed by atoms with E-state index >= 15 is 0 Å². The molecule has 0 unspecified atom stereocenters. The van der Waals surface area contributed by atoms with Crippen LogP contribution in [0.1, 0.15) is 62.6 Å². The van der Waals surface area contributed by atoms with Gasteiger partial charge in [0, 0.05) is 37.6 Å². The van der Waals surface area contributed by atoms with Gasteiger partial charge in [0.25, 0.3) is 10.9 Å². The first-order valence-electron chi connectivity index (χ1n) is 15.0. The molecule has 1 aliphatic heterocycles. The van der Waals surface area contributed by atoms with Crippen LogP contribution >= 0.6 is 0 Å². The van der Waals surface area contributed by atoms with Crippen molar-refractivity contribution in [3.63, 3.8) is 0 Å². The zero-order valence-electron chi connectivity index (χ0n) is 23.9. The van der Waals surface area contributed by atoms with E-state index in [-0.39, 0.29) is 11.8 Å². The molecule has 0 radical (unpaired) electrons. The lowest BCUT2D eigenvalue weighted by Crippen LogP contribution is -2.46. The van der Waals surface area contributed by atoms with Crippen LogP contribution in [0.5, 0.6) is 11.6 Å². The second-order valence-corrected chi connectivity index (χ2v) is 11.4. The van der Waals surface area contributed by atoms with Gasteiger partial charge in [-0.15, -0.1) is 0 Å². The number of nitrogens with one attached hydrogen (secondary N) is 1. The minimum absolute atomic E-state index is 0.110. The Labute approximate surface area is 244 Å². The highest BCUT2D eigenvalue weighted by molar-refractivity contribution is 5.86. The largest absolute Gasteiger partial charge is 0.461 e. The lowest BCUT2D eigenvalue weighted by molar-refractivity contribution is -0.149. The van der Waals surface area contributed by atoms with Gasteiger partial charge in [-0.05, 0) is 80.7 Å². The van der Waals surface area contributed by atoms with Crippen molar-refractivity contribution in [2.24, 2.45) is 0 Å². The van der Waals surface area contributed by atoms with Crippen LogP contribution in [0.4, 0.5) is 11.4 Å². The highest BCUT2D eigenvalue weighted by atomic mass is 16.5. The number of nitrogens with zero attached hydrogens (tertiary/aromatic N) is 3. The molecule has 42 heavy (non-hydrogen) atoms. The summed E-state index contributed by atoms with van der Waals surface area (Å²) in [5, 5.41) is 4.97. The average Bonchev–Trinajstić information content (AvgIpc) is 3.37. The molecule has 0 spiro atoms. The maximum absolute atomic E-state index is 13.4. The molecule has 1 saturated heterocycles. The molecule has 2 aromatic carbocycles. The van der Waals surface area contributed by atoms with Crippen molar-refractivity contribution in [1.29, 1.82) is 0 Å². The number of hydrogen-bond acceptors (Lipinski definition) is 9. The number of ether oxygens (including phenoxy) is 2. The minimum atomic E-state index is -0.806. The summed E-state index contributed by atoms with van der Waals surface area (Å²) in [6, 6.07) is 10.5. The SMILES string of the molecule is Cc1cc2ccncc2c(Oc2ccc(C[C@H](Nc3c(N4CCCCCC4)c(=O)c3=O)C(=O)OC3CCCC3)cc2)n1. The topological polar surface area (TPSA) is 111 Å². The van der Waals surface area contributed by atoms with E-state index in [0.29, 0.717) is 23.7 Å². The minimum Gasteiger partial charge on any atom is -0.461 e. The van der Waals surface area contributed by atoms with Crippen LogP contribution in [-0.2, 0) is 16.0 Å². The second kappa shape index (κ2) is 12.3. The predicted molar refractivity (Wildman–Crippen MR) is 162 cm³/mol. The lowest BCUT2D eigenvalue weighted by Gasteiger charge is -2.28. The fraction of sp³-hybridized carbons (Fsp3) is 0.424. The first-order chi connectivity index (χ1) is 20.5. The van der Waals surface area contributed by atoms with Crippen LogP contribution in [0, 0.1) is 6.92 Å². The van der Waals surface area contributed by atoms with Gasteiger partial charge in [0.1, 0.15) is 29.3 Å². The van der Waals surface area contributed by atoms with Crippen LogP contribution < -0.4 is 25.8 Å². The summed E-state index contributed by atoms with van der Waals surface area (Å²) in [5.41, 5.74) is 1.31. The molecule has 9 nitrogen and oxygen atoms in total. The van der Waals surface area contributed by atoms with Gasteiger partial charge in [-0.3, -0.25) is 14.6 Å². The van der Waals surface area contributed by atoms with Crippen LogP contribution in [0.25, 0.3) is 10.8 Å². The van der Waals surface area contributed by atoms with E-state index in [4.69, 9.17) is 9.47 Å². The third-order valence-electron chi connectivity index (χ3n) is 8.30. The van der Waals surface area contributed by atoms with Gasteiger partial charge in [-0.1, -0.05) is 25.0 Å². The quantitative estimate of drug-likeness (QED) is 0.215. The molecule has 2 fully saturated rings. The molecule has 2 aliphatic rings. The van der Waals surface area contributed by atoms with Crippen LogP contribution in [0.2, 0.25) is 0 Å². The molecule has 1 atom stereocenters. The van der Waals surface area contributed by atoms with Crippen molar-refractivity contribution in [2.45, 2.75) is 76.9 Å². The Morgan fingerprint density at radius 3 is 2.48 bits per heavy atom. The van der Waals surface area contributed by atoms with Crippen LogP contribution in [0.3, 0.4) is 0 Å². The molecular formula is C33H36N4O5. The van der Waals surface area contributed by atoms with Crippen molar-refractivity contribution in [2.75, 3.05) is 23.3 Å². The first-order valence-corrected chi connectivity index (χ1v) is 15.0. The van der Waals surface area contributed by atoms with Gasteiger partial charge in [-0.25, -0.2) is 9.78 Å². The van der Waals surface area contributed by atoms with Gasteiger partial charge < -0.3 is 19.7 Å². The fourth-order valence-electron chi connectivity index (χ4n) is 6.04. The third kappa shape index (κ3) is 6.00. The Kier molecular flexibility index (Phi) is 8.17. The molecular weight excluding hydrogens is 532 g/mol. The maximum atomic E-state index is 13.4. The molecule has 1 saturated carbocycles. The molecule has 9 heteroatoms. The summed E-state index contributed by atoms with van der Waals surface area (Å²) in [4.78, 5) is 49.5. The molecule has 1 N–H and O–H groups in total. The highest BCUT2D eigenvalue weighted by Crippen LogP contribution is 2.30. The van der Waals surface area contributed by atoms with Gasteiger partial charge in [-0.2, -0.15) is 0 Å².